The van der Waals surface area contributed by atoms with E-state index in [1.165, 1.54) is 4.57 Å². The Kier molecular flexibility index (Phi) is 2.85. The van der Waals surface area contributed by atoms with E-state index < -0.39 is 5.76 Å². The number of carbonyl (C=O) groups excluding carboxylic acids is 1. The van der Waals surface area contributed by atoms with Gasteiger partial charge in [0.25, 0.3) is 0 Å². The first-order valence-corrected chi connectivity index (χ1v) is 5.38. The second-order valence-corrected chi connectivity index (χ2v) is 4.11. The van der Waals surface area contributed by atoms with Crippen molar-refractivity contribution in [1.29, 1.82) is 0 Å². The minimum absolute atomic E-state index is 0.0250. The number of hydrogen-bond acceptors (Lipinski definition) is 4. The number of carbonyl (C=O) groups is 1. The number of hydrogen-bond donors (Lipinski definition) is 1. The van der Waals surface area contributed by atoms with E-state index in [1.54, 1.807) is 32.2 Å². The molecule has 0 spiro atoms. The van der Waals surface area contributed by atoms with Crippen LogP contribution in [0.3, 0.4) is 0 Å². The van der Waals surface area contributed by atoms with Gasteiger partial charge in [0, 0.05) is 25.1 Å². The van der Waals surface area contributed by atoms with Crippen molar-refractivity contribution in [3.05, 3.63) is 34.3 Å². The molecule has 0 aliphatic heterocycles. The molecule has 17 heavy (non-hydrogen) atoms. The van der Waals surface area contributed by atoms with Crippen LogP contribution in [0, 0.1) is 5.92 Å². The number of Topliss-reactive ketones (excluding diaryl/α,β-unsaturated/α-hetero) is 1. The zero-order valence-electron chi connectivity index (χ0n) is 9.77. The largest absolute Gasteiger partial charge is 0.419 e. The Morgan fingerprint density at radius 3 is 2.88 bits per heavy atom. The van der Waals surface area contributed by atoms with Crippen LogP contribution < -0.4 is 11.5 Å². The Balaban J connectivity index is 2.54. The minimum atomic E-state index is -0.434. The third-order valence-electron chi connectivity index (χ3n) is 2.88. The van der Waals surface area contributed by atoms with Crippen molar-refractivity contribution in [1.82, 2.24) is 4.57 Å². The number of ketones is 1. The quantitative estimate of drug-likeness (QED) is 0.800. The molecule has 1 aromatic heterocycles. The van der Waals surface area contributed by atoms with E-state index in [0.29, 0.717) is 23.2 Å². The molecule has 1 unspecified atom stereocenters. The Bertz CT molecular complexity index is 624. The van der Waals surface area contributed by atoms with Crippen molar-refractivity contribution in [3.8, 4) is 0 Å². The number of nitrogens with two attached hydrogens (primary N) is 1. The SMILES string of the molecule is CC(CN)C(=O)c1ccc2oc(=O)n(C)c2c1. The van der Waals surface area contributed by atoms with Gasteiger partial charge in [0.2, 0.25) is 0 Å². The Morgan fingerprint density at radius 2 is 2.24 bits per heavy atom. The van der Waals surface area contributed by atoms with E-state index in [2.05, 4.69) is 0 Å². The van der Waals surface area contributed by atoms with Crippen molar-refractivity contribution in [2.24, 2.45) is 18.7 Å². The lowest BCUT2D eigenvalue weighted by molar-refractivity contribution is 0.0934. The molecule has 90 valence electrons. The first-order chi connectivity index (χ1) is 8.04. The number of rotatable bonds is 3. The highest BCUT2D eigenvalue weighted by Crippen LogP contribution is 2.16. The van der Waals surface area contributed by atoms with Gasteiger partial charge in [0.15, 0.2) is 11.4 Å². The summed E-state index contributed by atoms with van der Waals surface area (Å²) in [6.45, 7) is 2.09. The van der Waals surface area contributed by atoms with Crippen LogP contribution in [0.25, 0.3) is 11.1 Å². The van der Waals surface area contributed by atoms with Crippen molar-refractivity contribution in [2.75, 3.05) is 6.54 Å². The number of aromatic nitrogens is 1. The van der Waals surface area contributed by atoms with Gasteiger partial charge in [-0.2, -0.15) is 0 Å². The maximum atomic E-state index is 11.9. The number of benzene rings is 1. The van der Waals surface area contributed by atoms with E-state index in [1.807, 2.05) is 0 Å². The van der Waals surface area contributed by atoms with Crippen LogP contribution in [0.15, 0.2) is 27.4 Å². The van der Waals surface area contributed by atoms with E-state index in [4.69, 9.17) is 10.2 Å². The summed E-state index contributed by atoms with van der Waals surface area (Å²) in [6, 6.07) is 4.95. The summed E-state index contributed by atoms with van der Waals surface area (Å²) in [5.41, 5.74) is 7.11. The molecule has 1 atom stereocenters. The normalized spacial score (nSPS) is 12.9. The Hall–Kier alpha value is -1.88. The van der Waals surface area contributed by atoms with Gasteiger partial charge in [-0.1, -0.05) is 6.92 Å². The summed E-state index contributed by atoms with van der Waals surface area (Å²) in [6.07, 6.45) is 0. The predicted octanol–water partition coefficient (Wildman–Crippen LogP) is 0.909. The molecule has 0 saturated carbocycles. The maximum absolute atomic E-state index is 11.9. The van der Waals surface area contributed by atoms with Crippen LogP contribution in [-0.2, 0) is 7.05 Å². The standard InChI is InChI=1S/C12H14N2O3/c1-7(6-13)11(15)8-3-4-10-9(5-8)14(2)12(16)17-10/h3-5,7H,6,13H2,1-2H3. The smallest absolute Gasteiger partial charge is 0.408 e. The molecule has 0 bridgehead atoms. The molecule has 0 radical (unpaired) electrons. The van der Waals surface area contributed by atoms with Crippen LogP contribution in [0.2, 0.25) is 0 Å². The summed E-state index contributed by atoms with van der Waals surface area (Å²) >= 11 is 0. The van der Waals surface area contributed by atoms with Crippen LogP contribution in [0.4, 0.5) is 0 Å². The number of fused-ring (bicyclic) bond motifs is 1. The summed E-state index contributed by atoms with van der Waals surface area (Å²) < 4.78 is 6.37. The highest BCUT2D eigenvalue weighted by molar-refractivity contribution is 6.00. The molecule has 0 saturated heterocycles. The molecule has 2 rings (SSSR count). The summed E-state index contributed by atoms with van der Waals surface area (Å²) in [5.74, 6) is -0.684. The van der Waals surface area contributed by atoms with Gasteiger partial charge in [-0.3, -0.25) is 9.36 Å². The number of oxazole rings is 1. The molecule has 1 aromatic carbocycles. The average molecular weight is 234 g/mol. The lowest BCUT2D eigenvalue weighted by atomic mass is 9.99. The van der Waals surface area contributed by atoms with Crippen molar-refractivity contribution in [2.45, 2.75) is 6.92 Å². The van der Waals surface area contributed by atoms with Crippen LogP contribution in [-0.4, -0.2) is 16.9 Å². The van der Waals surface area contributed by atoms with Crippen LogP contribution in [0.5, 0.6) is 0 Å². The lowest BCUT2D eigenvalue weighted by Crippen LogP contribution is -2.20. The zero-order valence-corrected chi connectivity index (χ0v) is 9.77. The predicted molar refractivity (Wildman–Crippen MR) is 64.0 cm³/mol. The molecule has 5 heteroatoms. The fourth-order valence-electron chi connectivity index (χ4n) is 1.67. The van der Waals surface area contributed by atoms with Gasteiger partial charge in [-0.25, -0.2) is 4.79 Å². The summed E-state index contributed by atoms with van der Waals surface area (Å²) in [7, 11) is 1.61. The molecule has 0 fully saturated rings. The van der Waals surface area contributed by atoms with Crippen molar-refractivity contribution < 1.29 is 9.21 Å². The third kappa shape index (κ3) is 1.89. The second kappa shape index (κ2) is 4.18. The number of aryl methyl sites for hydroxylation is 1. The minimum Gasteiger partial charge on any atom is -0.408 e. The fourth-order valence-corrected chi connectivity index (χ4v) is 1.67. The van der Waals surface area contributed by atoms with Gasteiger partial charge in [0.05, 0.1) is 5.52 Å². The molecule has 0 amide bonds. The zero-order chi connectivity index (χ0) is 12.6. The lowest BCUT2D eigenvalue weighted by Gasteiger charge is -2.07. The monoisotopic (exact) mass is 234 g/mol. The fraction of sp³-hybridized carbons (Fsp3) is 0.333. The van der Waals surface area contributed by atoms with Crippen LogP contribution >= 0.6 is 0 Å². The molecule has 1 heterocycles. The van der Waals surface area contributed by atoms with E-state index in [9.17, 15) is 9.59 Å². The molecule has 2 aromatic rings. The van der Waals surface area contributed by atoms with Gasteiger partial charge in [-0.15, -0.1) is 0 Å². The second-order valence-electron chi connectivity index (χ2n) is 4.11. The van der Waals surface area contributed by atoms with E-state index in [-0.39, 0.29) is 11.7 Å². The third-order valence-corrected chi connectivity index (χ3v) is 2.88. The maximum Gasteiger partial charge on any atom is 0.419 e. The van der Waals surface area contributed by atoms with Gasteiger partial charge in [-0.05, 0) is 18.2 Å². The Morgan fingerprint density at radius 1 is 1.53 bits per heavy atom. The summed E-state index contributed by atoms with van der Waals surface area (Å²) in [5, 5.41) is 0. The highest BCUT2D eigenvalue weighted by atomic mass is 16.4. The van der Waals surface area contributed by atoms with Crippen LogP contribution in [0.1, 0.15) is 17.3 Å². The van der Waals surface area contributed by atoms with Crippen molar-refractivity contribution >= 4 is 16.9 Å². The first kappa shape index (κ1) is 11.6. The van der Waals surface area contributed by atoms with Crippen molar-refractivity contribution in [3.63, 3.8) is 0 Å². The molecular weight excluding hydrogens is 220 g/mol. The molecule has 5 nitrogen and oxygen atoms in total. The average Bonchev–Trinajstić information content (AvgIpc) is 2.63. The number of nitrogens with zero attached hydrogens (tertiary/aromatic N) is 1. The van der Waals surface area contributed by atoms with E-state index >= 15 is 0 Å². The molecule has 2 N–H and O–H groups in total. The Labute approximate surface area is 97.8 Å². The van der Waals surface area contributed by atoms with E-state index in [0.717, 1.165) is 0 Å². The summed E-state index contributed by atoms with van der Waals surface area (Å²) in [4.78, 5) is 23.2. The van der Waals surface area contributed by atoms with Gasteiger partial charge in [0.1, 0.15) is 0 Å². The highest BCUT2D eigenvalue weighted by Gasteiger charge is 2.15. The van der Waals surface area contributed by atoms with Gasteiger partial charge >= 0.3 is 5.76 Å². The molecular formula is C12H14N2O3. The van der Waals surface area contributed by atoms with Gasteiger partial charge < -0.3 is 10.2 Å². The molecule has 0 aliphatic rings. The topological polar surface area (TPSA) is 78.2 Å². The molecule has 0 aliphatic carbocycles. The first-order valence-electron chi connectivity index (χ1n) is 5.38.